The van der Waals surface area contributed by atoms with E-state index in [-0.39, 0.29) is 11.3 Å². The molecule has 0 atom stereocenters. The van der Waals surface area contributed by atoms with E-state index in [1.807, 2.05) is 36.1 Å². The van der Waals surface area contributed by atoms with Crippen molar-refractivity contribution in [2.24, 2.45) is 0 Å². The van der Waals surface area contributed by atoms with Crippen molar-refractivity contribution >= 4 is 11.6 Å². The van der Waals surface area contributed by atoms with Gasteiger partial charge < -0.3 is 14.0 Å². The van der Waals surface area contributed by atoms with Crippen LogP contribution in [-0.4, -0.2) is 57.9 Å². The second-order valence-electron chi connectivity index (χ2n) is 12.8. The van der Waals surface area contributed by atoms with Crippen LogP contribution in [0.4, 0.5) is 0 Å². The molecule has 0 radical (unpaired) electrons. The number of imidazole rings is 1. The van der Waals surface area contributed by atoms with Gasteiger partial charge in [0.1, 0.15) is 11.4 Å². The van der Waals surface area contributed by atoms with Crippen LogP contribution in [0.25, 0.3) is 28.0 Å². The van der Waals surface area contributed by atoms with Gasteiger partial charge in [0, 0.05) is 50.0 Å². The molecule has 3 heterocycles. The highest BCUT2D eigenvalue weighted by Gasteiger charge is 2.25. The molecule has 6 nitrogen and oxygen atoms in total. The minimum Gasteiger partial charge on any atom is -0.494 e. The fourth-order valence-corrected chi connectivity index (χ4v) is 5.91. The SMILES string of the molecule is CCOc1cccc(-c2ccc3nc(-c4ccc(C)cc4)c(CN4CCN(C(=O)c5ccc(C(C)(C)C)cc5)CC4)n3c2)c1. The number of hydrogen-bond donors (Lipinski definition) is 0. The Morgan fingerprint density at radius 1 is 0.841 bits per heavy atom. The van der Waals surface area contributed by atoms with Gasteiger partial charge in [-0.05, 0) is 72.4 Å². The third-order valence-electron chi connectivity index (χ3n) is 8.55. The Morgan fingerprint density at radius 3 is 2.23 bits per heavy atom. The van der Waals surface area contributed by atoms with Crippen molar-refractivity contribution in [3.63, 3.8) is 0 Å². The molecule has 0 bridgehead atoms. The Kier molecular flexibility index (Phi) is 8.28. The first-order valence-corrected chi connectivity index (χ1v) is 15.6. The number of aryl methyl sites for hydroxylation is 1. The molecule has 0 saturated carbocycles. The molecule has 1 aliphatic rings. The molecule has 0 unspecified atom stereocenters. The van der Waals surface area contributed by atoms with Gasteiger partial charge in [0.2, 0.25) is 0 Å². The highest BCUT2D eigenvalue weighted by Crippen LogP contribution is 2.30. The minimum atomic E-state index is 0.0662. The van der Waals surface area contributed by atoms with Crippen molar-refractivity contribution in [2.75, 3.05) is 32.8 Å². The summed E-state index contributed by atoms with van der Waals surface area (Å²) in [7, 11) is 0. The average molecular weight is 587 g/mol. The number of pyridine rings is 1. The number of nitrogens with zero attached hydrogens (tertiary/aromatic N) is 4. The molecule has 1 aliphatic heterocycles. The summed E-state index contributed by atoms with van der Waals surface area (Å²) in [6, 6.07) is 29.2. The zero-order valence-electron chi connectivity index (χ0n) is 26.5. The van der Waals surface area contributed by atoms with E-state index in [2.05, 4.69) is 104 Å². The molecule has 6 rings (SSSR count). The average Bonchev–Trinajstić information content (AvgIpc) is 3.38. The quantitative estimate of drug-likeness (QED) is 0.197. The van der Waals surface area contributed by atoms with Gasteiger partial charge in [0.15, 0.2) is 0 Å². The van der Waals surface area contributed by atoms with E-state index in [0.29, 0.717) is 19.7 Å². The molecule has 0 N–H and O–H groups in total. The fourth-order valence-electron chi connectivity index (χ4n) is 5.91. The zero-order valence-corrected chi connectivity index (χ0v) is 26.5. The van der Waals surface area contributed by atoms with Crippen molar-refractivity contribution < 1.29 is 9.53 Å². The summed E-state index contributed by atoms with van der Waals surface area (Å²) < 4.78 is 8.01. The molecule has 1 fully saturated rings. The normalized spacial score (nSPS) is 14.2. The van der Waals surface area contributed by atoms with Crippen LogP contribution in [0.2, 0.25) is 0 Å². The second-order valence-corrected chi connectivity index (χ2v) is 12.8. The molecule has 1 amide bonds. The van der Waals surface area contributed by atoms with Gasteiger partial charge in [-0.15, -0.1) is 0 Å². The van der Waals surface area contributed by atoms with E-state index in [1.165, 1.54) is 11.1 Å². The van der Waals surface area contributed by atoms with Gasteiger partial charge in [0.05, 0.1) is 18.0 Å². The summed E-state index contributed by atoms with van der Waals surface area (Å²) in [6.07, 6.45) is 2.20. The summed E-state index contributed by atoms with van der Waals surface area (Å²) in [5.74, 6) is 0.980. The Hall–Kier alpha value is -4.42. The lowest BCUT2D eigenvalue weighted by molar-refractivity contribution is 0.0627. The summed E-state index contributed by atoms with van der Waals surface area (Å²) in [6.45, 7) is 15.1. The van der Waals surface area contributed by atoms with Crippen molar-refractivity contribution in [1.82, 2.24) is 19.2 Å². The van der Waals surface area contributed by atoms with Crippen molar-refractivity contribution in [2.45, 2.75) is 46.6 Å². The highest BCUT2D eigenvalue weighted by molar-refractivity contribution is 5.94. The number of rotatable bonds is 7. The standard InChI is InChI=1S/C38H42N4O2/c1-6-44-33-9-7-8-30(24-33)31-16-19-35-39-36(28-12-10-27(2)11-13-28)34(42(35)25-31)26-40-20-22-41(23-21-40)37(43)29-14-17-32(18-15-29)38(3,4)5/h7-19,24-25H,6,20-23,26H2,1-5H3. The van der Waals surface area contributed by atoms with Crippen molar-refractivity contribution in [3.8, 4) is 28.1 Å². The molecule has 226 valence electrons. The van der Waals surface area contributed by atoms with Gasteiger partial charge in [-0.1, -0.05) is 74.9 Å². The maximum atomic E-state index is 13.3. The molecular formula is C38H42N4O2. The number of piperazine rings is 1. The van der Waals surface area contributed by atoms with Gasteiger partial charge in [-0.25, -0.2) is 4.98 Å². The first-order valence-electron chi connectivity index (χ1n) is 15.6. The number of carbonyl (C=O) groups is 1. The molecule has 2 aromatic heterocycles. The minimum absolute atomic E-state index is 0.0662. The zero-order chi connectivity index (χ0) is 30.8. The Bertz CT molecular complexity index is 1760. The lowest BCUT2D eigenvalue weighted by Crippen LogP contribution is -2.48. The van der Waals surface area contributed by atoms with Crippen molar-refractivity contribution in [3.05, 3.63) is 114 Å². The number of ether oxygens (including phenoxy) is 1. The third kappa shape index (κ3) is 6.27. The van der Waals surface area contributed by atoms with Crippen LogP contribution in [0.1, 0.15) is 54.9 Å². The number of amides is 1. The van der Waals surface area contributed by atoms with Crippen LogP contribution in [-0.2, 0) is 12.0 Å². The summed E-state index contributed by atoms with van der Waals surface area (Å²) >= 11 is 0. The summed E-state index contributed by atoms with van der Waals surface area (Å²) in [4.78, 5) is 22.9. The van der Waals surface area contributed by atoms with Crippen LogP contribution in [0, 0.1) is 6.92 Å². The van der Waals surface area contributed by atoms with Crippen LogP contribution in [0.5, 0.6) is 5.75 Å². The third-order valence-corrected chi connectivity index (χ3v) is 8.55. The van der Waals surface area contributed by atoms with Crippen LogP contribution in [0.15, 0.2) is 91.1 Å². The predicted octanol–water partition coefficient (Wildman–Crippen LogP) is 7.63. The number of benzene rings is 3. The number of hydrogen-bond acceptors (Lipinski definition) is 4. The first kappa shape index (κ1) is 29.6. The maximum absolute atomic E-state index is 13.3. The van der Waals surface area contributed by atoms with E-state index in [0.717, 1.165) is 64.7 Å². The fraction of sp³-hybridized carbons (Fsp3) is 0.316. The van der Waals surface area contributed by atoms with Gasteiger partial charge in [-0.2, -0.15) is 0 Å². The van der Waals surface area contributed by atoms with Crippen LogP contribution >= 0.6 is 0 Å². The topological polar surface area (TPSA) is 50.1 Å². The first-order chi connectivity index (χ1) is 21.2. The van der Waals surface area contributed by atoms with E-state index < -0.39 is 0 Å². The van der Waals surface area contributed by atoms with Crippen LogP contribution in [0.3, 0.4) is 0 Å². The predicted molar refractivity (Wildman–Crippen MR) is 178 cm³/mol. The number of aromatic nitrogens is 2. The summed E-state index contributed by atoms with van der Waals surface area (Å²) in [5.41, 5.74) is 9.71. The van der Waals surface area contributed by atoms with Crippen molar-refractivity contribution in [1.29, 1.82) is 0 Å². The molecule has 1 saturated heterocycles. The van der Waals surface area contributed by atoms with E-state index in [9.17, 15) is 4.79 Å². The molecule has 0 spiro atoms. The largest absolute Gasteiger partial charge is 0.494 e. The smallest absolute Gasteiger partial charge is 0.253 e. The van der Waals surface area contributed by atoms with E-state index in [4.69, 9.17) is 9.72 Å². The Labute approximate surface area is 260 Å². The monoisotopic (exact) mass is 586 g/mol. The second kappa shape index (κ2) is 12.3. The Morgan fingerprint density at radius 2 is 1.55 bits per heavy atom. The number of carbonyl (C=O) groups excluding carboxylic acids is 1. The number of fused-ring (bicyclic) bond motifs is 1. The molecule has 3 aromatic carbocycles. The molecule has 6 heteroatoms. The van der Waals surface area contributed by atoms with Gasteiger partial charge in [0.25, 0.3) is 5.91 Å². The van der Waals surface area contributed by atoms with Gasteiger partial charge >= 0.3 is 0 Å². The lowest BCUT2D eigenvalue weighted by atomic mass is 9.86. The molecular weight excluding hydrogens is 544 g/mol. The van der Waals surface area contributed by atoms with E-state index in [1.54, 1.807) is 0 Å². The van der Waals surface area contributed by atoms with Crippen LogP contribution < -0.4 is 4.74 Å². The molecule has 44 heavy (non-hydrogen) atoms. The van der Waals surface area contributed by atoms with Gasteiger partial charge in [-0.3, -0.25) is 9.69 Å². The summed E-state index contributed by atoms with van der Waals surface area (Å²) in [5, 5.41) is 0. The maximum Gasteiger partial charge on any atom is 0.253 e. The molecule has 0 aliphatic carbocycles. The lowest BCUT2D eigenvalue weighted by Gasteiger charge is -2.35. The van der Waals surface area contributed by atoms with E-state index >= 15 is 0 Å². The Balaban J connectivity index is 1.26. The highest BCUT2D eigenvalue weighted by atomic mass is 16.5. The molecule has 5 aromatic rings.